The molecule has 3 N–H and O–H groups in total. The summed E-state index contributed by atoms with van der Waals surface area (Å²) in [7, 11) is 1.57. The summed E-state index contributed by atoms with van der Waals surface area (Å²) in [4.78, 5) is 23.7. The predicted molar refractivity (Wildman–Crippen MR) is 105 cm³/mol. The molecule has 1 aromatic heterocycles. The number of primary amides is 1. The third kappa shape index (κ3) is 3.84. The van der Waals surface area contributed by atoms with E-state index in [4.69, 9.17) is 14.9 Å². The molecule has 138 valence electrons. The van der Waals surface area contributed by atoms with Crippen LogP contribution in [0.1, 0.15) is 28.4 Å². The molecule has 6 heteroatoms. The number of allylic oxidation sites excluding steroid dienone is 1. The van der Waals surface area contributed by atoms with Gasteiger partial charge in [-0.2, -0.15) is 0 Å². The first-order valence-corrected chi connectivity index (χ1v) is 8.34. The van der Waals surface area contributed by atoms with E-state index in [-0.39, 0.29) is 5.91 Å². The lowest BCUT2D eigenvalue weighted by Gasteiger charge is -2.10. The maximum atomic E-state index is 12.4. The summed E-state index contributed by atoms with van der Waals surface area (Å²) in [6, 6.07) is 10.2. The Morgan fingerprint density at radius 3 is 2.70 bits per heavy atom. The van der Waals surface area contributed by atoms with E-state index in [0.29, 0.717) is 17.0 Å². The second-order valence-corrected chi connectivity index (χ2v) is 6.23. The number of benzene rings is 2. The topological polar surface area (TPSA) is 94.6 Å². The van der Waals surface area contributed by atoms with Crippen LogP contribution in [0.25, 0.3) is 16.5 Å². The van der Waals surface area contributed by atoms with Crippen LogP contribution in [-0.2, 0) is 4.79 Å². The number of carbonyl (C=O) groups excluding carboxylic acids is 2. The molecule has 3 aromatic rings. The van der Waals surface area contributed by atoms with Crippen molar-refractivity contribution >= 4 is 34.0 Å². The average Bonchev–Trinajstić information content (AvgIpc) is 3.00. The SMILES string of the molecule is COc1cc2occ(C)c2cc1/C(C)=C/C(=O)Nc1cccc(C(N)=O)c1. The molecule has 1 heterocycles. The zero-order chi connectivity index (χ0) is 19.6. The number of furan rings is 1. The molecule has 3 rings (SSSR count). The van der Waals surface area contributed by atoms with Gasteiger partial charge in [0.1, 0.15) is 11.3 Å². The molecule has 0 aliphatic rings. The fourth-order valence-corrected chi connectivity index (χ4v) is 2.86. The average molecular weight is 364 g/mol. The molecule has 2 amide bonds. The van der Waals surface area contributed by atoms with Gasteiger partial charge in [0.25, 0.3) is 0 Å². The summed E-state index contributed by atoms with van der Waals surface area (Å²) in [5.41, 5.74) is 9.36. The van der Waals surface area contributed by atoms with Crippen molar-refractivity contribution in [3.63, 3.8) is 0 Å². The number of ether oxygens (including phenoxy) is 1. The predicted octanol–water partition coefficient (Wildman–Crippen LogP) is 3.89. The summed E-state index contributed by atoms with van der Waals surface area (Å²) in [6.07, 6.45) is 3.17. The maximum Gasteiger partial charge on any atom is 0.248 e. The highest BCUT2D eigenvalue weighted by Gasteiger charge is 2.12. The number of anilines is 1. The highest BCUT2D eigenvalue weighted by Crippen LogP contribution is 2.33. The Hall–Kier alpha value is -3.54. The minimum absolute atomic E-state index is 0.319. The van der Waals surface area contributed by atoms with E-state index in [0.717, 1.165) is 27.7 Å². The van der Waals surface area contributed by atoms with Gasteiger partial charge in [0.2, 0.25) is 11.8 Å². The van der Waals surface area contributed by atoms with Crippen molar-refractivity contribution in [1.82, 2.24) is 0 Å². The standard InChI is InChI=1S/C21H20N2O4/c1-12(7-20(24)23-15-6-4-5-14(8-15)21(22)25)16-9-17-13(2)11-27-19(17)10-18(16)26-3/h4-11H,1-3H3,(H2,22,25)(H,23,24)/b12-7+. The number of hydrogen-bond donors (Lipinski definition) is 2. The van der Waals surface area contributed by atoms with Crippen LogP contribution in [0.2, 0.25) is 0 Å². The van der Waals surface area contributed by atoms with Crippen molar-refractivity contribution in [2.45, 2.75) is 13.8 Å². The molecule has 0 aliphatic carbocycles. The maximum absolute atomic E-state index is 12.4. The zero-order valence-electron chi connectivity index (χ0n) is 15.3. The van der Waals surface area contributed by atoms with Crippen LogP contribution >= 0.6 is 0 Å². The van der Waals surface area contributed by atoms with Gasteiger partial charge < -0.3 is 20.2 Å². The third-order valence-electron chi connectivity index (χ3n) is 4.28. The van der Waals surface area contributed by atoms with Gasteiger partial charge in [-0.1, -0.05) is 6.07 Å². The van der Waals surface area contributed by atoms with E-state index in [2.05, 4.69) is 5.32 Å². The molecule has 0 saturated heterocycles. The fourth-order valence-electron chi connectivity index (χ4n) is 2.86. The van der Waals surface area contributed by atoms with Crippen LogP contribution in [-0.4, -0.2) is 18.9 Å². The Morgan fingerprint density at radius 1 is 1.22 bits per heavy atom. The number of carbonyl (C=O) groups is 2. The lowest BCUT2D eigenvalue weighted by atomic mass is 10.0. The van der Waals surface area contributed by atoms with E-state index in [1.165, 1.54) is 12.1 Å². The van der Waals surface area contributed by atoms with Crippen molar-refractivity contribution in [2.24, 2.45) is 5.73 Å². The van der Waals surface area contributed by atoms with Gasteiger partial charge in [-0.25, -0.2) is 0 Å². The Kier molecular flexibility index (Phi) is 4.98. The first kappa shape index (κ1) is 18.3. The van der Waals surface area contributed by atoms with Crippen LogP contribution < -0.4 is 15.8 Å². The Morgan fingerprint density at radius 2 is 2.00 bits per heavy atom. The number of aryl methyl sites for hydroxylation is 1. The van der Waals surface area contributed by atoms with Gasteiger partial charge in [0.15, 0.2) is 0 Å². The smallest absolute Gasteiger partial charge is 0.248 e. The lowest BCUT2D eigenvalue weighted by molar-refractivity contribution is -0.111. The molecule has 0 aliphatic heterocycles. The van der Waals surface area contributed by atoms with Crippen LogP contribution in [0.4, 0.5) is 5.69 Å². The Balaban J connectivity index is 1.89. The van der Waals surface area contributed by atoms with E-state index in [9.17, 15) is 9.59 Å². The molecular weight excluding hydrogens is 344 g/mol. The zero-order valence-corrected chi connectivity index (χ0v) is 15.3. The number of nitrogens with two attached hydrogens (primary N) is 1. The van der Waals surface area contributed by atoms with Crippen molar-refractivity contribution in [2.75, 3.05) is 12.4 Å². The normalized spacial score (nSPS) is 11.4. The summed E-state index contributed by atoms with van der Waals surface area (Å²) in [5.74, 6) is -0.249. The number of amides is 2. The highest BCUT2D eigenvalue weighted by atomic mass is 16.5. The number of fused-ring (bicyclic) bond motifs is 1. The van der Waals surface area contributed by atoms with E-state index >= 15 is 0 Å². The van der Waals surface area contributed by atoms with Gasteiger partial charge >= 0.3 is 0 Å². The van der Waals surface area contributed by atoms with Crippen LogP contribution in [0.5, 0.6) is 5.75 Å². The van der Waals surface area contributed by atoms with Gasteiger partial charge in [-0.3, -0.25) is 9.59 Å². The monoisotopic (exact) mass is 364 g/mol. The molecule has 0 unspecified atom stereocenters. The molecule has 0 bridgehead atoms. The molecule has 6 nitrogen and oxygen atoms in total. The number of nitrogens with one attached hydrogen (secondary N) is 1. The van der Waals surface area contributed by atoms with Crippen LogP contribution in [0.15, 0.2) is 53.2 Å². The molecule has 0 atom stereocenters. The largest absolute Gasteiger partial charge is 0.496 e. The number of methoxy groups -OCH3 is 1. The van der Waals surface area contributed by atoms with Gasteiger partial charge in [0, 0.05) is 34.3 Å². The second-order valence-electron chi connectivity index (χ2n) is 6.23. The molecule has 2 aromatic carbocycles. The van der Waals surface area contributed by atoms with Crippen LogP contribution in [0, 0.1) is 6.92 Å². The van der Waals surface area contributed by atoms with Crippen LogP contribution in [0.3, 0.4) is 0 Å². The minimum atomic E-state index is -0.550. The first-order chi connectivity index (χ1) is 12.9. The van der Waals surface area contributed by atoms with Crippen molar-refractivity contribution in [3.8, 4) is 5.75 Å². The van der Waals surface area contributed by atoms with E-state index < -0.39 is 5.91 Å². The van der Waals surface area contributed by atoms with E-state index in [1.54, 1.807) is 31.6 Å². The molecule has 0 saturated carbocycles. The summed E-state index contributed by atoms with van der Waals surface area (Å²) in [6.45, 7) is 3.79. The first-order valence-electron chi connectivity index (χ1n) is 8.34. The van der Waals surface area contributed by atoms with E-state index in [1.807, 2.05) is 26.0 Å². The molecule has 0 spiro atoms. The van der Waals surface area contributed by atoms with Crippen molar-refractivity contribution in [1.29, 1.82) is 0 Å². The lowest BCUT2D eigenvalue weighted by Crippen LogP contribution is -2.13. The second kappa shape index (κ2) is 7.37. The fraction of sp³-hybridized carbons (Fsp3) is 0.143. The van der Waals surface area contributed by atoms with Gasteiger partial charge in [-0.15, -0.1) is 0 Å². The summed E-state index contributed by atoms with van der Waals surface area (Å²) >= 11 is 0. The number of hydrogen-bond acceptors (Lipinski definition) is 4. The highest BCUT2D eigenvalue weighted by molar-refractivity contribution is 6.05. The van der Waals surface area contributed by atoms with Crippen molar-refractivity contribution < 1.29 is 18.7 Å². The third-order valence-corrected chi connectivity index (χ3v) is 4.28. The number of rotatable bonds is 5. The molecule has 0 fully saturated rings. The summed E-state index contributed by atoms with van der Waals surface area (Å²) in [5, 5.41) is 3.70. The molecule has 0 radical (unpaired) electrons. The summed E-state index contributed by atoms with van der Waals surface area (Å²) < 4.78 is 10.9. The Bertz CT molecular complexity index is 1060. The molecular formula is C21H20N2O4. The van der Waals surface area contributed by atoms with Gasteiger partial charge in [-0.05, 0) is 49.2 Å². The van der Waals surface area contributed by atoms with Gasteiger partial charge in [0.05, 0.1) is 13.4 Å². The molecule has 27 heavy (non-hydrogen) atoms. The minimum Gasteiger partial charge on any atom is -0.496 e. The quantitative estimate of drug-likeness (QED) is 0.672. The van der Waals surface area contributed by atoms with Crippen molar-refractivity contribution in [3.05, 3.63) is 65.4 Å². The Labute approximate surface area is 156 Å².